The first-order chi connectivity index (χ1) is 8.08. The molecular formula is C13H16FN3. The van der Waals surface area contributed by atoms with E-state index in [9.17, 15) is 4.39 Å². The smallest absolute Gasteiger partial charge is 0.123 e. The summed E-state index contributed by atoms with van der Waals surface area (Å²) < 4.78 is 15.2. The summed E-state index contributed by atoms with van der Waals surface area (Å²) in [5, 5.41) is 4.35. The van der Waals surface area contributed by atoms with Gasteiger partial charge in [-0.25, -0.2) is 4.39 Å². The molecule has 1 aromatic heterocycles. The lowest BCUT2D eigenvalue weighted by Gasteiger charge is -2.07. The van der Waals surface area contributed by atoms with Crippen LogP contribution in [0.15, 0.2) is 24.3 Å². The Kier molecular flexibility index (Phi) is 3.24. The highest BCUT2D eigenvalue weighted by Gasteiger charge is 2.04. The van der Waals surface area contributed by atoms with Crippen molar-refractivity contribution in [3.05, 3.63) is 52.6 Å². The van der Waals surface area contributed by atoms with Crippen LogP contribution in [0, 0.1) is 19.7 Å². The maximum atomic E-state index is 13.3. The number of nitrogens with zero attached hydrogens (tertiary/aromatic N) is 2. The third kappa shape index (κ3) is 2.71. The van der Waals surface area contributed by atoms with E-state index >= 15 is 0 Å². The fraction of sp³-hybridized carbons (Fsp3) is 0.308. The first kappa shape index (κ1) is 11.8. The third-order valence-electron chi connectivity index (χ3n) is 2.69. The second-order valence-electron chi connectivity index (χ2n) is 4.26. The Morgan fingerprint density at radius 1 is 1.18 bits per heavy atom. The van der Waals surface area contributed by atoms with Gasteiger partial charge in [-0.2, -0.15) is 5.10 Å². The Morgan fingerprint density at radius 2 is 1.88 bits per heavy atom. The van der Waals surface area contributed by atoms with Crippen LogP contribution in [-0.4, -0.2) is 9.78 Å². The van der Waals surface area contributed by atoms with E-state index in [1.807, 2.05) is 30.7 Å². The number of benzene rings is 1. The second-order valence-corrected chi connectivity index (χ2v) is 4.26. The van der Waals surface area contributed by atoms with Crippen LogP contribution in [-0.2, 0) is 13.1 Å². The van der Waals surface area contributed by atoms with Crippen LogP contribution < -0.4 is 5.73 Å². The highest BCUT2D eigenvalue weighted by molar-refractivity contribution is 5.25. The predicted molar refractivity (Wildman–Crippen MR) is 65.1 cm³/mol. The van der Waals surface area contributed by atoms with E-state index in [0.29, 0.717) is 13.1 Å². The minimum atomic E-state index is -0.246. The number of aromatic nitrogens is 2. The Morgan fingerprint density at radius 3 is 2.47 bits per heavy atom. The lowest BCUT2D eigenvalue weighted by Crippen LogP contribution is -2.06. The van der Waals surface area contributed by atoms with Crippen LogP contribution in [0.1, 0.15) is 22.5 Å². The van der Waals surface area contributed by atoms with Crippen molar-refractivity contribution in [2.45, 2.75) is 26.9 Å². The largest absolute Gasteiger partial charge is 0.326 e. The van der Waals surface area contributed by atoms with Crippen LogP contribution in [0.4, 0.5) is 4.39 Å². The highest BCUT2D eigenvalue weighted by atomic mass is 19.1. The molecule has 0 bridgehead atoms. The van der Waals surface area contributed by atoms with Crippen LogP contribution in [0.5, 0.6) is 0 Å². The molecule has 0 fully saturated rings. The molecule has 0 saturated heterocycles. The lowest BCUT2D eigenvalue weighted by atomic mass is 10.1. The molecule has 0 radical (unpaired) electrons. The Hall–Kier alpha value is -1.68. The number of halogens is 1. The van der Waals surface area contributed by atoms with E-state index in [-0.39, 0.29) is 5.82 Å². The van der Waals surface area contributed by atoms with Crippen molar-refractivity contribution in [3.63, 3.8) is 0 Å². The first-order valence-corrected chi connectivity index (χ1v) is 5.58. The Labute approximate surface area is 100 Å². The summed E-state index contributed by atoms with van der Waals surface area (Å²) in [6.07, 6.45) is 0. The Balaban J connectivity index is 2.29. The van der Waals surface area contributed by atoms with E-state index in [2.05, 4.69) is 5.10 Å². The van der Waals surface area contributed by atoms with Crippen molar-refractivity contribution >= 4 is 0 Å². The van der Waals surface area contributed by atoms with Crippen molar-refractivity contribution in [1.82, 2.24) is 9.78 Å². The molecule has 0 atom stereocenters. The fourth-order valence-corrected chi connectivity index (χ4v) is 1.93. The number of rotatable bonds is 3. The average Bonchev–Trinajstić information content (AvgIpc) is 2.56. The zero-order chi connectivity index (χ0) is 12.4. The number of hydrogen-bond donors (Lipinski definition) is 1. The van der Waals surface area contributed by atoms with Gasteiger partial charge >= 0.3 is 0 Å². The zero-order valence-corrected chi connectivity index (χ0v) is 10.1. The minimum absolute atomic E-state index is 0.246. The van der Waals surface area contributed by atoms with Gasteiger partial charge < -0.3 is 5.73 Å². The fourth-order valence-electron chi connectivity index (χ4n) is 1.93. The lowest BCUT2D eigenvalue weighted by molar-refractivity contribution is 0.613. The van der Waals surface area contributed by atoms with Crippen molar-refractivity contribution in [3.8, 4) is 0 Å². The van der Waals surface area contributed by atoms with Gasteiger partial charge in [-0.15, -0.1) is 0 Å². The third-order valence-corrected chi connectivity index (χ3v) is 2.69. The molecule has 0 amide bonds. The molecule has 2 aromatic rings. The quantitative estimate of drug-likeness (QED) is 0.882. The predicted octanol–water partition coefficient (Wildman–Crippen LogP) is 2.15. The highest BCUT2D eigenvalue weighted by Crippen LogP contribution is 2.12. The van der Waals surface area contributed by atoms with Gasteiger partial charge in [-0.3, -0.25) is 4.68 Å². The van der Waals surface area contributed by atoms with Gasteiger partial charge in [0.25, 0.3) is 0 Å². The summed E-state index contributed by atoms with van der Waals surface area (Å²) in [4.78, 5) is 0. The van der Waals surface area contributed by atoms with Gasteiger partial charge in [-0.05, 0) is 43.2 Å². The van der Waals surface area contributed by atoms with Crippen LogP contribution in [0.3, 0.4) is 0 Å². The molecule has 3 nitrogen and oxygen atoms in total. The summed E-state index contributed by atoms with van der Waals surface area (Å²) in [5.41, 5.74) is 9.26. The molecule has 4 heteroatoms. The van der Waals surface area contributed by atoms with Crippen LogP contribution in [0.2, 0.25) is 0 Å². The van der Waals surface area contributed by atoms with Crippen molar-refractivity contribution in [1.29, 1.82) is 0 Å². The van der Waals surface area contributed by atoms with E-state index in [0.717, 1.165) is 22.5 Å². The van der Waals surface area contributed by atoms with Gasteiger partial charge in [0.05, 0.1) is 12.2 Å². The number of aryl methyl sites for hydroxylation is 2. The minimum Gasteiger partial charge on any atom is -0.326 e. The monoisotopic (exact) mass is 233 g/mol. The van der Waals surface area contributed by atoms with Gasteiger partial charge in [0.1, 0.15) is 5.82 Å². The molecule has 0 aliphatic heterocycles. The molecule has 0 spiro atoms. The SMILES string of the molecule is Cc1cc(C)n(Cc2cc(F)cc(CN)c2)n1. The summed E-state index contributed by atoms with van der Waals surface area (Å²) in [6.45, 7) is 4.86. The van der Waals surface area contributed by atoms with E-state index in [4.69, 9.17) is 5.73 Å². The summed E-state index contributed by atoms with van der Waals surface area (Å²) in [5.74, 6) is -0.246. The second kappa shape index (κ2) is 4.67. The van der Waals surface area contributed by atoms with Crippen molar-refractivity contribution in [2.75, 3.05) is 0 Å². The van der Waals surface area contributed by atoms with Crippen molar-refractivity contribution < 1.29 is 4.39 Å². The van der Waals surface area contributed by atoms with Gasteiger partial charge in [0.2, 0.25) is 0 Å². The molecule has 0 unspecified atom stereocenters. The molecular weight excluding hydrogens is 217 g/mol. The molecule has 0 aliphatic rings. The van der Waals surface area contributed by atoms with Crippen molar-refractivity contribution in [2.24, 2.45) is 5.73 Å². The molecule has 0 saturated carbocycles. The number of hydrogen-bond acceptors (Lipinski definition) is 2. The summed E-state index contributed by atoms with van der Waals surface area (Å²) in [6, 6.07) is 6.91. The van der Waals surface area contributed by atoms with Gasteiger partial charge in [0, 0.05) is 12.2 Å². The summed E-state index contributed by atoms with van der Waals surface area (Å²) >= 11 is 0. The normalized spacial score (nSPS) is 10.8. The molecule has 90 valence electrons. The molecule has 1 aromatic carbocycles. The zero-order valence-electron chi connectivity index (χ0n) is 10.1. The molecule has 2 N–H and O–H groups in total. The maximum absolute atomic E-state index is 13.3. The Bertz CT molecular complexity index is 531. The molecule has 0 aliphatic carbocycles. The van der Waals surface area contributed by atoms with E-state index in [1.165, 1.54) is 12.1 Å². The molecule has 2 rings (SSSR count). The standard InChI is InChI=1S/C13H16FN3/c1-9-3-10(2)17(16-9)8-12-4-11(7-15)5-13(14)6-12/h3-6H,7-8,15H2,1-2H3. The first-order valence-electron chi connectivity index (χ1n) is 5.58. The van der Waals surface area contributed by atoms with Crippen LogP contribution >= 0.6 is 0 Å². The maximum Gasteiger partial charge on any atom is 0.123 e. The van der Waals surface area contributed by atoms with E-state index < -0.39 is 0 Å². The van der Waals surface area contributed by atoms with Crippen LogP contribution in [0.25, 0.3) is 0 Å². The topological polar surface area (TPSA) is 43.8 Å². The van der Waals surface area contributed by atoms with E-state index in [1.54, 1.807) is 0 Å². The molecule has 1 heterocycles. The van der Waals surface area contributed by atoms with Gasteiger partial charge in [-0.1, -0.05) is 6.07 Å². The van der Waals surface area contributed by atoms with Gasteiger partial charge in [0.15, 0.2) is 0 Å². The summed E-state index contributed by atoms with van der Waals surface area (Å²) in [7, 11) is 0. The average molecular weight is 233 g/mol. The number of nitrogens with two attached hydrogens (primary N) is 1. The molecule has 17 heavy (non-hydrogen) atoms.